The van der Waals surface area contributed by atoms with Gasteiger partial charge in [0.15, 0.2) is 0 Å². The Labute approximate surface area is 170 Å². The van der Waals surface area contributed by atoms with Crippen LogP contribution in [0.1, 0.15) is 45.6 Å². The fourth-order valence-corrected chi connectivity index (χ4v) is 6.07. The molecule has 1 N–H and O–H groups in total. The van der Waals surface area contributed by atoms with Gasteiger partial charge in [-0.15, -0.1) is 11.3 Å². The molecule has 0 bridgehead atoms. The number of thiophene rings is 1. The Hall–Kier alpha value is -1.69. The second-order valence-corrected chi connectivity index (χ2v) is 9.36. The molecule has 2 fully saturated rings. The van der Waals surface area contributed by atoms with Crippen molar-refractivity contribution < 1.29 is 9.53 Å². The van der Waals surface area contributed by atoms with Crippen LogP contribution in [-0.2, 0) is 23.2 Å². The van der Waals surface area contributed by atoms with Gasteiger partial charge in [-0.05, 0) is 73.3 Å². The van der Waals surface area contributed by atoms with Crippen LogP contribution in [0.2, 0.25) is 0 Å². The van der Waals surface area contributed by atoms with E-state index in [1.165, 1.54) is 22.4 Å². The lowest BCUT2D eigenvalue weighted by molar-refractivity contribution is -0.0926. The number of hydrogen-bond acceptors (Lipinski definition) is 4. The number of nitrogens with zero attached hydrogens (tertiary/aromatic N) is 1. The van der Waals surface area contributed by atoms with Gasteiger partial charge in [-0.3, -0.25) is 4.79 Å². The van der Waals surface area contributed by atoms with E-state index in [4.69, 9.17) is 4.74 Å². The van der Waals surface area contributed by atoms with E-state index in [1.54, 1.807) is 0 Å². The number of rotatable bonds is 3. The van der Waals surface area contributed by atoms with Crippen LogP contribution < -0.4 is 5.32 Å². The van der Waals surface area contributed by atoms with E-state index in [-0.39, 0.29) is 11.5 Å². The van der Waals surface area contributed by atoms with Gasteiger partial charge in [0.1, 0.15) is 0 Å². The maximum atomic E-state index is 13.3. The highest BCUT2D eigenvalue weighted by molar-refractivity contribution is 7.10. The number of hydrogen-bond donors (Lipinski definition) is 1. The molecule has 1 amide bonds. The average molecular weight is 397 g/mol. The molecule has 2 saturated heterocycles. The number of carbonyl (C=O) groups excluding carboxylic acids is 1. The van der Waals surface area contributed by atoms with Gasteiger partial charge in [-0.2, -0.15) is 0 Å². The molecule has 4 heterocycles. The molecular weight excluding hydrogens is 368 g/mol. The molecule has 1 atom stereocenters. The van der Waals surface area contributed by atoms with Crippen molar-refractivity contribution in [2.75, 3.05) is 32.8 Å². The molecule has 3 aliphatic heterocycles. The van der Waals surface area contributed by atoms with Crippen molar-refractivity contribution in [2.45, 2.75) is 37.7 Å². The zero-order chi connectivity index (χ0) is 19.0. The topological polar surface area (TPSA) is 41.6 Å². The number of piperidine rings is 1. The minimum absolute atomic E-state index is 0.167. The fraction of sp³-hybridized carbons (Fsp3) is 0.522. The van der Waals surface area contributed by atoms with E-state index in [0.29, 0.717) is 5.92 Å². The zero-order valence-corrected chi connectivity index (χ0v) is 17.1. The van der Waals surface area contributed by atoms with Gasteiger partial charge in [0.25, 0.3) is 5.91 Å². The van der Waals surface area contributed by atoms with Crippen LogP contribution in [0.5, 0.6) is 0 Å². The second kappa shape index (κ2) is 7.62. The van der Waals surface area contributed by atoms with Crippen LogP contribution in [0, 0.1) is 5.92 Å². The summed E-state index contributed by atoms with van der Waals surface area (Å²) in [5, 5.41) is 5.62. The molecule has 4 nitrogen and oxygen atoms in total. The van der Waals surface area contributed by atoms with Gasteiger partial charge in [-0.25, -0.2) is 0 Å². The summed E-state index contributed by atoms with van der Waals surface area (Å²) in [6.07, 6.45) is 5.03. The van der Waals surface area contributed by atoms with E-state index >= 15 is 0 Å². The molecule has 2 aromatic rings. The Balaban J connectivity index is 1.31. The van der Waals surface area contributed by atoms with Gasteiger partial charge in [0.2, 0.25) is 0 Å². The molecule has 0 radical (unpaired) electrons. The lowest BCUT2D eigenvalue weighted by atomic mass is 9.82. The third kappa shape index (κ3) is 3.30. The summed E-state index contributed by atoms with van der Waals surface area (Å²) in [4.78, 5) is 16.8. The van der Waals surface area contributed by atoms with Crippen LogP contribution >= 0.6 is 11.3 Å². The van der Waals surface area contributed by atoms with Crippen molar-refractivity contribution in [2.24, 2.45) is 5.92 Å². The molecule has 0 saturated carbocycles. The summed E-state index contributed by atoms with van der Waals surface area (Å²) in [6.45, 7) is 4.51. The van der Waals surface area contributed by atoms with Gasteiger partial charge < -0.3 is 15.0 Å². The molecule has 1 unspecified atom stereocenters. The standard InChI is InChI=1S/C23H28N2O2S/c26-22(19-4-2-1-3-18(19)15-17-5-10-24-16-17)25-11-8-23(9-12-25)20-7-14-28-21(20)6-13-27-23/h1-4,7,14,17,24H,5-6,8-13,15-16H2. The van der Waals surface area contributed by atoms with Crippen LogP contribution in [0.3, 0.4) is 0 Å². The molecule has 5 rings (SSSR count). The Kier molecular flexibility index (Phi) is 4.99. The Morgan fingerprint density at radius 2 is 2.11 bits per heavy atom. The predicted octanol–water partition coefficient (Wildman–Crippen LogP) is 3.60. The van der Waals surface area contributed by atoms with E-state index < -0.39 is 0 Å². The molecule has 28 heavy (non-hydrogen) atoms. The average Bonchev–Trinajstić information content (AvgIpc) is 3.41. The molecular formula is C23H28N2O2S. The summed E-state index contributed by atoms with van der Waals surface area (Å²) in [7, 11) is 0. The third-order valence-corrected chi connectivity index (χ3v) is 7.70. The van der Waals surface area contributed by atoms with Gasteiger partial charge in [-0.1, -0.05) is 18.2 Å². The maximum absolute atomic E-state index is 13.3. The third-order valence-electron chi connectivity index (χ3n) is 6.72. The minimum atomic E-state index is -0.167. The fourth-order valence-electron chi connectivity index (χ4n) is 5.12. The quantitative estimate of drug-likeness (QED) is 0.862. The molecule has 148 valence electrons. The number of carbonyl (C=O) groups is 1. The van der Waals surface area contributed by atoms with Crippen LogP contribution in [0.15, 0.2) is 35.7 Å². The van der Waals surface area contributed by atoms with Crippen LogP contribution in [-0.4, -0.2) is 43.6 Å². The minimum Gasteiger partial charge on any atom is -0.370 e. The summed E-state index contributed by atoms with van der Waals surface area (Å²) in [5.74, 6) is 0.837. The van der Waals surface area contributed by atoms with Gasteiger partial charge in [0, 0.05) is 30.0 Å². The first-order valence-corrected chi connectivity index (χ1v) is 11.4. The number of benzene rings is 1. The number of likely N-dealkylation sites (tertiary alicyclic amines) is 1. The first-order chi connectivity index (χ1) is 13.8. The van der Waals surface area contributed by atoms with Crippen molar-refractivity contribution in [3.05, 3.63) is 57.3 Å². The Morgan fingerprint density at radius 3 is 2.93 bits per heavy atom. The van der Waals surface area contributed by atoms with Gasteiger partial charge >= 0.3 is 0 Å². The van der Waals surface area contributed by atoms with Crippen molar-refractivity contribution >= 4 is 17.2 Å². The van der Waals surface area contributed by atoms with E-state index in [0.717, 1.165) is 64.0 Å². The summed E-state index contributed by atoms with van der Waals surface area (Å²) < 4.78 is 6.30. The molecule has 1 aromatic carbocycles. The highest BCUT2D eigenvalue weighted by Crippen LogP contribution is 2.43. The molecule has 0 aliphatic carbocycles. The monoisotopic (exact) mass is 396 g/mol. The lowest BCUT2D eigenvalue weighted by Crippen LogP contribution is -2.48. The largest absolute Gasteiger partial charge is 0.370 e. The first-order valence-electron chi connectivity index (χ1n) is 10.5. The van der Waals surface area contributed by atoms with Crippen molar-refractivity contribution in [1.29, 1.82) is 0 Å². The number of fused-ring (bicyclic) bond motifs is 2. The lowest BCUT2D eigenvalue weighted by Gasteiger charge is -2.44. The van der Waals surface area contributed by atoms with Crippen LogP contribution in [0.25, 0.3) is 0 Å². The molecule has 3 aliphatic rings. The highest BCUT2D eigenvalue weighted by Gasteiger charge is 2.42. The SMILES string of the molecule is O=C(c1ccccc1CC1CCNC1)N1CCC2(CC1)OCCc1sccc12. The first kappa shape index (κ1) is 18.3. The second-order valence-electron chi connectivity index (χ2n) is 8.36. The summed E-state index contributed by atoms with van der Waals surface area (Å²) in [5.41, 5.74) is 3.31. The predicted molar refractivity (Wildman–Crippen MR) is 112 cm³/mol. The summed E-state index contributed by atoms with van der Waals surface area (Å²) >= 11 is 1.85. The Morgan fingerprint density at radius 1 is 1.25 bits per heavy atom. The van der Waals surface area contributed by atoms with Crippen molar-refractivity contribution in [3.63, 3.8) is 0 Å². The number of amides is 1. The maximum Gasteiger partial charge on any atom is 0.254 e. The normalized spacial score (nSPS) is 23.7. The number of nitrogens with one attached hydrogen (secondary N) is 1. The summed E-state index contributed by atoms with van der Waals surface area (Å²) in [6, 6.07) is 10.4. The highest BCUT2D eigenvalue weighted by atomic mass is 32.1. The van der Waals surface area contributed by atoms with Crippen molar-refractivity contribution in [1.82, 2.24) is 10.2 Å². The Bertz CT molecular complexity index is 848. The smallest absolute Gasteiger partial charge is 0.254 e. The molecule has 1 aromatic heterocycles. The molecule has 5 heteroatoms. The van der Waals surface area contributed by atoms with Crippen molar-refractivity contribution in [3.8, 4) is 0 Å². The van der Waals surface area contributed by atoms with Gasteiger partial charge in [0.05, 0.1) is 12.2 Å². The van der Waals surface area contributed by atoms with Crippen LogP contribution in [0.4, 0.5) is 0 Å². The van der Waals surface area contributed by atoms with E-state index in [1.807, 2.05) is 28.4 Å². The van der Waals surface area contributed by atoms with E-state index in [2.05, 4.69) is 28.9 Å². The zero-order valence-electron chi connectivity index (χ0n) is 16.3. The van der Waals surface area contributed by atoms with E-state index in [9.17, 15) is 4.79 Å². The molecule has 1 spiro atoms. The number of ether oxygens (including phenoxy) is 1.